The molecule has 1 aromatic rings. The highest BCUT2D eigenvalue weighted by atomic mass is 14.1. The summed E-state index contributed by atoms with van der Waals surface area (Å²) < 4.78 is 0. The second-order valence-corrected chi connectivity index (χ2v) is 4.51. The van der Waals surface area contributed by atoms with Crippen molar-refractivity contribution in [2.75, 3.05) is 0 Å². The smallest absolute Gasteiger partial charge is 0.0193 e. The van der Waals surface area contributed by atoms with Crippen LogP contribution in [0.2, 0.25) is 0 Å². The van der Waals surface area contributed by atoms with E-state index in [1.54, 1.807) is 0 Å². The van der Waals surface area contributed by atoms with Crippen molar-refractivity contribution >= 4 is 5.57 Å². The molecule has 0 unspecified atom stereocenters. The van der Waals surface area contributed by atoms with E-state index in [0.29, 0.717) is 0 Å². The molecule has 0 aliphatic heterocycles. The predicted octanol–water partition coefficient (Wildman–Crippen LogP) is 4.68. The van der Waals surface area contributed by atoms with Gasteiger partial charge in [-0.25, -0.2) is 0 Å². The van der Waals surface area contributed by atoms with Crippen LogP contribution in [0.1, 0.15) is 49.9 Å². The fourth-order valence-corrected chi connectivity index (χ4v) is 1.95. The SMILES string of the molecule is CCc1c(C(C)=C(C)C)ccc(C)c1C. The molecule has 0 radical (unpaired) electrons. The van der Waals surface area contributed by atoms with E-state index in [9.17, 15) is 0 Å². The maximum Gasteiger partial charge on any atom is -0.0193 e. The molecule has 0 heteroatoms. The molecule has 15 heavy (non-hydrogen) atoms. The predicted molar refractivity (Wildman–Crippen MR) is 69.2 cm³/mol. The lowest BCUT2D eigenvalue weighted by atomic mass is 9.90. The molecule has 1 aromatic carbocycles. The maximum absolute atomic E-state index is 2.27. The van der Waals surface area contributed by atoms with Gasteiger partial charge in [-0.05, 0) is 68.9 Å². The third-order valence-electron chi connectivity index (χ3n) is 3.38. The summed E-state index contributed by atoms with van der Waals surface area (Å²) in [6.45, 7) is 13.3. The van der Waals surface area contributed by atoms with Crippen LogP contribution in [0.5, 0.6) is 0 Å². The van der Waals surface area contributed by atoms with Gasteiger partial charge in [-0.1, -0.05) is 24.6 Å². The van der Waals surface area contributed by atoms with Gasteiger partial charge in [-0.15, -0.1) is 0 Å². The molecule has 1 rings (SSSR count). The summed E-state index contributed by atoms with van der Waals surface area (Å²) in [5, 5.41) is 0. The maximum atomic E-state index is 2.27. The van der Waals surface area contributed by atoms with Crippen molar-refractivity contribution in [1.29, 1.82) is 0 Å². The number of hydrogen-bond donors (Lipinski definition) is 0. The second kappa shape index (κ2) is 4.65. The molecule has 0 saturated carbocycles. The first-order valence-corrected chi connectivity index (χ1v) is 5.72. The molecule has 0 aliphatic carbocycles. The molecule has 0 spiro atoms. The molecule has 0 amide bonds. The Morgan fingerprint density at radius 1 is 1.07 bits per heavy atom. The molecule has 0 fully saturated rings. The number of allylic oxidation sites excluding steroid dienone is 2. The average molecular weight is 202 g/mol. The monoisotopic (exact) mass is 202 g/mol. The van der Waals surface area contributed by atoms with E-state index < -0.39 is 0 Å². The van der Waals surface area contributed by atoms with E-state index in [1.165, 1.54) is 33.4 Å². The Kier molecular flexibility index (Phi) is 3.73. The molecular weight excluding hydrogens is 180 g/mol. The first-order valence-electron chi connectivity index (χ1n) is 5.72. The van der Waals surface area contributed by atoms with Gasteiger partial charge in [-0.2, -0.15) is 0 Å². The number of rotatable bonds is 2. The van der Waals surface area contributed by atoms with Crippen molar-refractivity contribution in [3.8, 4) is 0 Å². The van der Waals surface area contributed by atoms with Crippen LogP contribution in [0.15, 0.2) is 17.7 Å². The Hall–Kier alpha value is -1.04. The topological polar surface area (TPSA) is 0 Å². The Balaban J connectivity index is 3.44. The first-order chi connectivity index (χ1) is 6.99. The van der Waals surface area contributed by atoms with Crippen LogP contribution in [0.4, 0.5) is 0 Å². The van der Waals surface area contributed by atoms with Crippen LogP contribution in [-0.4, -0.2) is 0 Å². The number of aryl methyl sites for hydroxylation is 1. The standard InChI is InChI=1S/C15H22/c1-7-14-13(6)11(4)8-9-15(14)12(5)10(2)3/h8-9H,7H2,1-6H3. The lowest BCUT2D eigenvalue weighted by molar-refractivity contribution is 1.08. The van der Waals surface area contributed by atoms with Crippen LogP contribution < -0.4 is 0 Å². The van der Waals surface area contributed by atoms with Gasteiger partial charge in [0.1, 0.15) is 0 Å². The number of hydrogen-bond acceptors (Lipinski definition) is 0. The van der Waals surface area contributed by atoms with Crippen LogP contribution in [0.3, 0.4) is 0 Å². The van der Waals surface area contributed by atoms with E-state index >= 15 is 0 Å². The van der Waals surface area contributed by atoms with Crippen molar-refractivity contribution in [3.63, 3.8) is 0 Å². The largest absolute Gasteiger partial charge is 0.0729 e. The summed E-state index contributed by atoms with van der Waals surface area (Å²) in [4.78, 5) is 0. The zero-order valence-electron chi connectivity index (χ0n) is 10.9. The van der Waals surface area contributed by atoms with Gasteiger partial charge in [0.2, 0.25) is 0 Å². The molecule has 0 aromatic heterocycles. The third-order valence-corrected chi connectivity index (χ3v) is 3.38. The minimum atomic E-state index is 1.12. The zero-order chi connectivity index (χ0) is 11.6. The fourth-order valence-electron chi connectivity index (χ4n) is 1.95. The summed E-state index contributed by atoms with van der Waals surface area (Å²) in [6, 6.07) is 4.50. The van der Waals surface area contributed by atoms with Crippen molar-refractivity contribution in [2.45, 2.75) is 48.0 Å². The van der Waals surface area contributed by atoms with Crippen molar-refractivity contribution in [3.05, 3.63) is 40.0 Å². The van der Waals surface area contributed by atoms with Crippen LogP contribution in [0.25, 0.3) is 5.57 Å². The molecule has 0 atom stereocenters. The molecule has 0 nitrogen and oxygen atoms in total. The highest BCUT2D eigenvalue weighted by Crippen LogP contribution is 2.26. The van der Waals surface area contributed by atoms with Crippen molar-refractivity contribution in [1.82, 2.24) is 0 Å². The lowest BCUT2D eigenvalue weighted by Gasteiger charge is -2.15. The highest BCUT2D eigenvalue weighted by molar-refractivity contribution is 5.70. The highest BCUT2D eigenvalue weighted by Gasteiger charge is 2.08. The van der Waals surface area contributed by atoms with E-state index in [-0.39, 0.29) is 0 Å². The van der Waals surface area contributed by atoms with Gasteiger partial charge >= 0.3 is 0 Å². The van der Waals surface area contributed by atoms with E-state index in [1.807, 2.05) is 0 Å². The Morgan fingerprint density at radius 2 is 1.67 bits per heavy atom. The zero-order valence-corrected chi connectivity index (χ0v) is 10.9. The van der Waals surface area contributed by atoms with E-state index in [4.69, 9.17) is 0 Å². The Morgan fingerprint density at radius 3 is 2.13 bits per heavy atom. The molecule has 0 heterocycles. The summed E-state index contributed by atoms with van der Waals surface area (Å²) in [7, 11) is 0. The summed E-state index contributed by atoms with van der Waals surface area (Å²) >= 11 is 0. The van der Waals surface area contributed by atoms with Crippen LogP contribution in [0, 0.1) is 13.8 Å². The quantitative estimate of drug-likeness (QED) is 0.653. The molecular formula is C15H22. The average Bonchev–Trinajstić information content (AvgIpc) is 2.20. The van der Waals surface area contributed by atoms with Crippen LogP contribution in [-0.2, 0) is 6.42 Å². The normalized spacial score (nSPS) is 10.3. The van der Waals surface area contributed by atoms with Gasteiger partial charge in [0.25, 0.3) is 0 Å². The molecule has 82 valence electrons. The summed E-state index contributed by atoms with van der Waals surface area (Å²) in [6.07, 6.45) is 1.12. The van der Waals surface area contributed by atoms with Gasteiger partial charge < -0.3 is 0 Å². The second-order valence-electron chi connectivity index (χ2n) is 4.51. The van der Waals surface area contributed by atoms with Gasteiger partial charge in [0, 0.05) is 0 Å². The number of benzene rings is 1. The van der Waals surface area contributed by atoms with Gasteiger partial charge in [0.05, 0.1) is 0 Å². The lowest BCUT2D eigenvalue weighted by Crippen LogP contribution is -1.97. The molecule has 0 saturated heterocycles. The minimum absolute atomic E-state index is 1.12. The summed E-state index contributed by atoms with van der Waals surface area (Å²) in [5.74, 6) is 0. The van der Waals surface area contributed by atoms with E-state index in [0.717, 1.165) is 6.42 Å². The van der Waals surface area contributed by atoms with Gasteiger partial charge in [-0.3, -0.25) is 0 Å². The Labute approximate surface area is 94.0 Å². The molecule has 0 N–H and O–H groups in total. The van der Waals surface area contributed by atoms with Gasteiger partial charge in [0.15, 0.2) is 0 Å². The third kappa shape index (κ3) is 2.31. The van der Waals surface area contributed by atoms with E-state index in [2.05, 4.69) is 53.7 Å². The van der Waals surface area contributed by atoms with Crippen LogP contribution >= 0.6 is 0 Å². The first kappa shape index (κ1) is 12.0. The fraction of sp³-hybridized carbons (Fsp3) is 0.467. The summed E-state index contributed by atoms with van der Waals surface area (Å²) in [5.41, 5.74) is 8.63. The van der Waals surface area contributed by atoms with Crippen molar-refractivity contribution in [2.24, 2.45) is 0 Å². The van der Waals surface area contributed by atoms with Crippen molar-refractivity contribution < 1.29 is 0 Å². The molecule has 0 aliphatic rings. The minimum Gasteiger partial charge on any atom is -0.0729 e. The Bertz CT molecular complexity index is 391. The molecule has 0 bridgehead atoms.